The van der Waals surface area contributed by atoms with E-state index < -0.39 is 0 Å². The van der Waals surface area contributed by atoms with Gasteiger partial charge in [0.2, 0.25) is 0 Å². The van der Waals surface area contributed by atoms with E-state index in [1.54, 1.807) is 31.2 Å². The van der Waals surface area contributed by atoms with E-state index in [2.05, 4.69) is 16.0 Å². The van der Waals surface area contributed by atoms with E-state index in [-0.39, 0.29) is 24.6 Å². The minimum atomic E-state index is -0.372. The number of amides is 3. The second-order valence-electron chi connectivity index (χ2n) is 4.67. The summed E-state index contributed by atoms with van der Waals surface area (Å²) in [4.78, 5) is 24.2. The van der Waals surface area contributed by atoms with Gasteiger partial charge < -0.3 is 15.7 Å². The average Bonchev–Trinajstić information content (AvgIpc) is 2.96. The van der Waals surface area contributed by atoms with E-state index in [1.165, 1.54) is 11.3 Å². The highest BCUT2D eigenvalue weighted by Crippen LogP contribution is 2.22. The quantitative estimate of drug-likeness (QED) is 0.682. The maximum absolute atomic E-state index is 11.9. The monoisotopic (exact) mass is 319 g/mol. The number of thiophene rings is 1. The number of rotatable bonds is 5. The molecule has 1 unspecified atom stereocenters. The van der Waals surface area contributed by atoms with Crippen molar-refractivity contribution < 1.29 is 14.7 Å². The minimum Gasteiger partial charge on any atom is -0.394 e. The molecule has 0 aliphatic heterocycles. The molecule has 3 amide bonds. The fourth-order valence-electron chi connectivity index (χ4n) is 1.66. The number of urea groups is 1. The van der Waals surface area contributed by atoms with Gasteiger partial charge in [0.25, 0.3) is 5.91 Å². The third-order valence-electron chi connectivity index (χ3n) is 2.75. The summed E-state index contributed by atoms with van der Waals surface area (Å²) in [6.07, 6.45) is 0. The fraction of sp³-hybridized carbons (Fsp3) is 0.200. The molecular weight excluding hydrogens is 302 g/mol. The predicted molar refractivity (Wildman–Crippen MR) is 87.4 cm³/mol. The van der Waals surface area contributed by atoms with Crippen molar-refractivity contribution >= 4 is 34.0 Å². The Hall–Kier alpha value is -2.38. The summed E-state index contributed by atoms with van der Waals surface area (Å²) >= 11 is 1.17. The number of benzene rings is 1. The van der Waals surface area contributed by atoms with E-state index >= 15 is 0 Å². The summed E-state index contributed by atoms with van der Waals surface area (Å²) in [5.41, 5.74) is 0.686. The Morgan fingerprint density at radius 1 is 1.14 bits per heavy atom. The molecule has 0 radical (unpaired) electrons. The van der Waals surface area contributed by atoms with Crippen LogP contribution < -0.4 is 16.0 Å². The molecule has 1 atom stereocenters. The van der Waals surface area contributed by atoms with Crippen LogP contribution >= 0.6 is 11.3 Å². The number of aliphatic hydroxyl groups is 1. The molecular formula is C15H17N3O3S. The van der Waals surface area contributed by atoms with Crippen molar-refractivity contribution in [1.82, 2.24) is 5.32 Å². The van der Waals surface area contributed by atoms with Crippen LogP contribution in [0.2, 0.25) is 0 Å². The zero-order valence-electron chi connectivity index (χ0n) is 12.0. The second kappa shape index (κ2) is 7.58. The number of hydrogen-bond acceptors (Lipinski definition) is 4. The second-order valence-corrected chi connectivity index (χ2v) is 5.75. The number of carbonyl (C=O) groups excluding carboxylic acids is 2. The lowest BCUT2D eigenvalue weighted by Gasteiger charge is -2.09. The van der Waals surface area contributed by atoms with Gasteiger partial charge in [-0.05, 0) is 31.2 Å². The van der Waals surface area contributed by atoms with Crippen LogP contribution in [-0.2, 0) is 0 Å². The van der Waals surface area contributed by atoms with Crippen LogP contribution in [0.15, 0.2) is 42.5 Å². The molecule has 0 aliphatic carbocycles. The Kier molecular flexibility index (Phi) is 5.51. The molecule has 1 aromatic carbocycles. The first-order chi connectivity index (χ1) is 10.6. The standard InChI is InChI=1S/C15H17N3O3S/c1-10(9-19)16-14(20)12-7-8-13(22-12)18-15(21)17-11-5-3-2-4-6-11/h2-8,10,19H,9H2,1H3,(H,16,20)(H2,17,18,21). The molecule has 0 bridgehead atoms. The van der Waals surface area contributed by atoms with Crippen LogP contribution in [0.5, 0.6) is 0 Å². The van der Waals surface area contributed by atoms with Crippen molar-refractivity contribution in [2.75, 3.05) is 17.2 Å². The summed E-state index contributed by atoms with van der Waals surface area (Å²) in [5, 5.41) is 17.5. The summed E-state index contributed by atoms with van der Waals surface area (Å²) in [5.74, 6) is -0.275. The van der Waals surface area contributed by atoms with Crippen LogP contribution in [-0.4, -0.2) is 29.7 Å². The van der Waals surface area contributed by atoms with Gasteiger partial charge in [0, 0.05) is 11.7 Å². The van der Waals surface area contributed by atoms with Gasteiger partial charge >= 0.3 is 6.03 Å². The topological polar surface area (TPSA) is 90.5 Å². The third kappa shape index (κ3) is 4.57. The van der Waals surface area contributed by atoms with Crippen molar-refractivity contribution in [3.8, 4) is 0 Å². The van der Waals surface area contributed by atoms with Gasteiger partial charge in [0.05, 0.1) is 16.5 Å². The zero-order valence-corrected chi connectivity index (χ0v) is 12.8. The van der Waals surface area contributed by atoms with Gasteiger partial charge in [-0.25, -0.2) is 4.79 Å². The average molecular weight is 319 g/mol. The Balaban J connectivity index is 1.91. The van der Waals surface area contributed by atoms with Gasteiger partial charge in [0.1, 0.15) is 0 Å². The molecule has 0 saturated heterocycles. The number of hydrogen-bond donors (Lipinski definition) is 4. The molecule has 4 N–H and O–H groups in total. The smallest absolute Gasteiger partial charge is 0.324 e. The summed E-state index contributed by atoms with van der Waals surface area (Å²) in [7, 11) is 0. The fourth-order valence-corrected chi connectivity index (χ4v) is 2.47. The van der Waals surface area contributed by atoms with Crippen molar-refractivity contribution in [2.24, 2.45) is 0 Å². The number of anilines is 2. The Morgan fingerprint density at radius 2 is 1.86 bits per heavy atom. The van der Waals surface area contributed by atoms with Crippen LogP contribution in [0.1, 0.15) is 16.6 Å². The Bertz CT molecular complexity index is 642. The third-order valence-corrected chi connectivity index (χ3v) is 3.75. The van der Waals surface area contributed by atoms with Crippen molar-refractivity contribution in [3.05, 3.63) is 47.3 Å². The minimum absolute atomic E-state index is 0.123. The lowest BCUT2D eigenvalue weighted by molar-refractivity contribution is 0.0926. The van der Waals surface area contributed by atoms with E-state index in [0.717, 1.165) is 0 Å². The SMILES string of the molecule is CC(CO)NC(=O)c1ccc(NC(=O)Nc2ccccc2)s1. The Labute approximate surface area is 132 Å². The first-order valence-electron chi connectivity index (χ1n) is 6.73. The first kappa shape index (κ1) is 16.0. The molecule has 2 aromatic rings. The molecule has 1 heterocycles. The highest BCUT2D eigenvalue weighted by molar-refractivity contribution is 7.18. The number of nitrogens with one attached hydrogen (secondary N) is 3. The highest BCUT2D eigenvalue weighted by atomic mass is 32.1. The first-order valence-corrected chi connectivity index (χ1v) is 7.54. The van der Waals surface area contributed by atoms with Crippen molar-refractivity contribution in [1.29, 1.82) is 0 Å². The molecule has 22 heavy (non-hydrogen) atoms. The van der Waals surface area contributed by atoms with Gasteiger partial charge in [0.15, 0.2) is 0 Å². The lowest BCUT2D eigenvalue weighted by Crippen LogP contribution is -2.34. The zero-order chi connectivity index (χ0) is 15.9. The molecule has 0 spiro atoms. The van der Waals surface area contributed by atoms with Gasteiger partial charge in [-0.3, -0.25) is 10.1 Å². The summed E-state index contributed by atoms with van der Waals surface area (Å²) in [6.45, 7) is 1.58. The normalized spacial score (nSPS) is 11.5. The molecule has 0 saturated carbocycles. The van der Waals surface area contributed by atoms with Crippen LogP contribution in [0.3, 0.4) is 0 Å². The van der Waals surface area contributed by atoms with E-state index in [1.807, 2.05) is 18.2 Å². The van der Waals surface area contributed by atoms with Crippen molar-refractivity contribution in [2.45, 2.75) is 13.0 Å². The highest BCUT2D eigenvalue weighted by Gasteiger charge is 2.12. The number of para-hydroxylation sites is 1. The molecule has 116 valence electrons. The van der Waals surface area contributed by atoms with Gasteiger partial charge in [-0.1, -0.05) is 18.2 Å². The van der Waals surface area contributed by atoms with E-state index in [9.17, 15) is 9.59 Å². The Morgan fingerprint density at radius 3 is 2.55 bits per heavy atom. The van der Waals surface area contributed by atoms with E-state index in [0.29, 0.717) is 15.6 Å². The molecule has 6 nitrogen and oxygen atoms in total. The molecule has 1 aromatic heterocycles. The summed E-state index contributed by atoms with van der Waals surface area (Å²) < 4.78 is 0. The van der Waals surface area contributed by atoms with E-state index in [4.69, 9.17) is 5.11 Å². The van der Waals surface area contributed by atoms with Gasteiger partial charge in [-0.2, -0.15) is 0 Å². The van der Waals surface area contributed by atoms with Crippen LogP contribution in [0, 0.1) is 0 Å². The van der Waals surface area contributed by atoms with Crippen molar-refractivity contribution in [3.63, 3.8) is 0 Å². The maximum atomic E-state index is 11.9. The molecule has 0 fully saturated rings. The molecule has 2 rings (SSSR count). The molecule has 7 heteroatoms. The van der Waals surface area contributed by atoms with Gasteiger partial charge in [-0.15, -0.1) is 11.3 Å². The summed E-state index contributed by atoms with van der Waals surface area (Å²) in [6, 6.07) is 11.7. The maximum Gasteiger partial charge on any atom is 0.324 e. The predicted octanol–water partition coefficient (Wildman–Crippen LogP) is 2.50. The lowest BCUT2D eigenvalue weighted by atomic mass is 10.3. The molecule has 0 aliphatic rings. The largest absolute Gasteiger partial charge is 0.394 e. The number of carbonyl (C=O) groups is 2. The van der Waals surface area contributed by atoms with Crippen LogP contribution in [0.25, 0.3) is 0 Å². The van der Waals surface area contributed by atoms with Crippen LogP contribution in [0.4, 0.5) is 15.5 Å². The number of aliphatic hydroxyl groups excluding tert-OH is 1.